The Morgan fingerprint density at radius 1 is 1.31 bits per heavy atom. The molecule has 1 N–H and O–H groups in total. The zero-order valence-corrected chi connectivity index (χ0v) is 8.59. The SMILES string of the molecule is O=C(O)N(CC(F)(F)F)c1ccc(Cl)cc1. The second-order valence-corrected chi connectivity index (χ2v) is 3.40. The van der Waals surface area contributed by atoms with Crippen molar-refractivity contribution in [2.75, 3.05) is 11.4 Å². The highest BCUT2D eigenvalue weighted by molar-refractivity contribution is 6.30. The quantitative estimate of drug-likeness (QED) is 0.878. The maximum Gasteiger partial charge on any atom is 0.412 e. The molecule has 0 fully saturated rings. The van der Waals surface area contributed by atoms with Gasteiger partial charge < -0.3 is 5.11 Å². The first kappa shape index (κ1) is 12.6. The van der Waals surface area contributed by atoms with E-state index < -0.39 is 18.8 Å². The van der Waals surface area contributed by atoms with Crippen molar-refractivity contribution in [3.8, 4) is 0 Å². The van der Waals surface area contributed by atoms with Crippen molar-refractivity contribution in [3.05, 3.63) is 29.3 Å². The number of nitrogens with zero attached hydrogens (tertiary/aromatic N) is 1. The lowest BCUT2D eigenvalue weighted by atomic mass is 10.3. The van der Waals surface area contributed by atoms with Crippen molar-refractivity contribution in [2.24, 2.45) is 0 Å². The molecule has 1 aromatic rings. The Morgan fingerprint density at radius 3 is 2.19 bits per heavy atom. The fraction of sp³-hybridized carbons (Fsp3) is 0.222. The molecule has 0 radical (unpaired) electrons. The van der Waals surface area contributed by atoms with Crippen LogP contribution in [0.25, 0.3) is 0 Å². The summed E-state index contributed by atoms with van der Waals surface area (Å²) in [7, 11) is 0. The van der Waals surface area contributed by atoms with Crippen molar-refractivity contribution in [1.29, 1.82) is 0 Å². The summed E-state index contributed by atoms with van der Waals surface area (Å²) in [5.41, 5.74) is -0.0748. The zero-order chi connectivity index (χ0) is 12.3. The Labute approximate surface area is 94.0 Å². The van der Waals surface area contributed by atoms with E-state index in [9.17, 15) is 18.0 Å². The molecule has 0 unspecified atom stereocenters. The summed E-state index contributed by atoms with van der Waals surface area (Å²) < 4.78 is 36.3. The van der Waals surface area contributed by atoms with E-state index in [1.807, 2.05) is 0 Å². The molecule has 0 aliphatic heterocycles. The van der Waals surface area contributed by atoms with Crippen LogP contribution in [0.5, 0.6) is 0 Å². The average Bonchev–Trinajstić information content (AvgIpc) is 2.14. The number of hydrogen-bond acceptors (Lipinski definition) is 1. The average molecular weight is 254 g/mol. The second kappa shape index (κ2) is 4.61. The number of carboxylic acid groups (broad SMARTS) is 1. The van der Waals surface area contributed by atoms with E-state index in [4.69, 9.17) is 16.7 Å². The lowest BCUT2D eigenvalue weighted by Crippen LogP contribution is -2.38. The Bertz CT molecular complexity index is 377. The molecule has 0 spiro atoms. The predicted molar refractivity (Wildman–Crippen MR) is 52.9 cm³/mol. The van der Waals surface area contributed by atoms with Crippen LogP contribution in [0.1, 0.15) is 0 Å². The van der Waals surface area contributed by atoms with Gasteiger partial charge in [0, 0.05) is 10.7 Å². The van der Waals surface area contributed by atoms with E-state index in [0.29, 0.717) is 5.02 Å². The lowest BCUT2D eigenvalue weighted by molar-refractivity contribution is -0.119. The van der Waals surface area contributed by atoms with Gasteiger partial charge in [-0.25, -0.2) is 4.79 Å². The highest BCUT2D eigenvalue weighted by Crippen LogP contribution is 2.23. The summed E-state index contributed by atoms with van der Waals surface area (Å²) in [4.78, 5) is 10.9. The number of hydrogen-bond donors (Lipinski definition) is 1. The molecule has 0 heterocycles. The molecule has 0 saturated carbocycles. The summed E-state index contributed by atoms with van der Waals surface area (Å²) in [5.74, 6) is 0. The summed E-state index contributed by atoms with van der Waals surface area (Å²) in [6.07, 6.45) is -6.25. The van der Waals surface area contributed by atoms with Gasteiger partial charge in [0.15, 0.2) is 0 Å². The molecule has 0 saturated heterocycles. The molecule has 3 nitrogen and oxygen atoms in total. The smallest absolute Gasteiger partial charge is 0.412 e. The number of rotatable bonds is 2. The largest absolute Gasteiger partial charge is 0.465 e. The molecular formula is C9H7ClF3NO2. The standard InChI is InChI=1S/C9H7ClF3NO2/c10-6-1-3-7(4-2-6)14(8(15)16)5-9(11,12)13/h1-4H,5H2,(H,15,16). The van der Waals surface area contributed by atoms with Crippen LogP contribution in [0, 0.1) is 0 Å². The molecule has 7 heteroatoms. The van der Waals surface area contributed by atoms with Gasteiger partial charge in [0.1, 0.15) is 6.54 Å². The van der Waals surface area contributed by atoms with Gasteiger partial charge in [-0.1, -0.05) is 11.6 Å². The molecule has 16 heavy (non-hydrogen) atoms. The maximum absolute atomic E-state index is 12.1. The van der Waals surface area contributed by atoms with Gasteiger partial charge in [-0.3, -0.25) is 4.90 Å². The van der Waals surface area contributed by atoms with Gasteiger partial charge in [0.25, 0.3) is 0 Å². The van der Waals surface area contributed by atoms with E-state index in [1.54, 1.807) is 0 Å². The normalized spacial score (nSPS) is 11.2. The summed E-state index contributed by atoms with van der Waals surface area (Å²) in [6.45, 7) is -1.55. The maximum atomic E-state index is 12.1. The second-order valence-electron chi connectivity index (χ2n) is 2.96. The first-order valence-electron chi connectivity index (χ1n) is 4.12. The summed E-state index contributed by atoms with van der Waals surface area (Å²) in [5, 5.41) is 8.97. The van der Waals surface area contributed by atoms with Crippen molar-refractivity contribution in [1.82, 2.24) is 0 Å². The van der Waals surface area contributed by atoms with E-state index >= 15 is 0 Å². The van der Waals surface area contributed by atoms with Gasteiger partial charge in [0.05, 0.1) is 0 Å². The molecule has 1 rings (SSSR count). The zero-order valence-electron chi connectivity index (χ0n) is 7.83. The summed E-state index contributed by atoms with van der Waals surface area (Å²) >= 11 is 5.54. The minimum Gasteiger partial charge on any atom is -0.465 e. The molecule has 0 bridgehead atoms. The van der Waals surface area contributed by atoms with Crippen LogP contribution in [-0.4, -0.2) is 23.9 Å². The Morgan fingerprint density at radius 2 is 1.81 bits per heavy atom. The number of halogens is 4. The topological polar surface area (TPSA) is 40.5 Å². The third-order valence-electron chi connectivity index (χ3n) is 1.71. The Hall–Kier alpha value is -1.43. The van der Waals surface area contributed by atoms with Crippen LogP contribution in [0.2, 0.25) is 5.02 Å². The predicted octanol–water partition coefficient (Wildman–Crippen LogP) is 3.39. The molecule has 88 valence electrons. The van der Waals surface area contributed by atoms with Crippen LogP contribution >= 0.6 is 11.6 Å². The lowest BCUT2D eigenvalue weighted by Gasteiger charge is -2.20. The highest BCUT2D eigenvalue weighted by Gasteiger charge is 2.33. The van der Waals surface area contributed by atoms with Crippen molar-refractivity contribution >= 4 is 23.4 Å². The van der Waals surface area contributed by atoms with E-state index in [-0.39, 0.29) is 10.6 Å². The van der Waals surface area contributed by atoms with Crippen LogP contribution < -0.4 is 4.90 Å². The third kappa shape index (κ3) is 3.62. The molecule has 0 aliphatic rings. The van der Waals surface area contributed by atoms with Crippen molar-refractivity contribution in [2.45, 2.75) is 6.18 Å². The molecule has 0 atom stereocenters. The van der Waals surface area contributed by atoms with Crippen molar-refractivity contribution < 1.29 is 23.1 Å². The van der Waals surface area contributed by atoms with Gasteiger partial charge >= 0.3 is 12.3 Å². The van der Waals surface area contributed by atoms with Gasteiger partial charge in [-0.05, 0) is 24.3 Å². The minimum absolute atomic E-state index is 0.0748. The van der Waals surface area contributed by atoms with E-state index in [0.717, 1.165) is 0 Å². The first-order valence-corrected chi connectivity index (χ1v) is 4.50. The van der Waals surface area contributed by atoms with Gasteiger partial charge in [-0.2, -0.15) is 13.2 Å². The molecular weight excluding hydrogens is 247 g/mol. The molecule has 0 aromatic heterocycles. The van der Waals surface area contributed by atoms with Gasteiger partial charge in [-0.15, -0.1) is 0 Å². The number of anilines is 1. The molecule has 1 amide bonds. The fourth-order valence-electron chi connectivity index (χ4n) is 1.07. The van der Waals surface area contributed by atoms with Crippen LogP contribution in [0.3, 0.4) is 0 Å². The van der Waals surface area contributed by atoms with E-state index in [2.05, 4.69) is 0 Å². The number of carbonyl (C=O) groups is 1. The minimum atomic E-state index is -4.59. The highest BCUT2D eigenvalue weighted by atomic mass is 35.5. The van der Waals surface area contributed by atoms with Crippen molar-refractivity contribution in [3.63, 3.8) is 0 Å². The van der Waals surface area contributed by atoms with Crippen LogP contribution in [0.15, 0.2) is 24.3 Å². The third-order valence-corrected chi connectivity index (χ3v) is 1.96. The monoisotopic (exact) mass is 253 g/mol. The molecule has 0 aliphatic carbocycles. The fourth-order valence-corrected chi connectivity index (χ4v) is 1.20. The molecule has 1 aromatic carbocycles. The van der Waals surface area contributed by atoms with Crippen LogP contribution in [0.4, 0.5) is 23.7 Å². The Kier molecular flexibility index (Phi) is 3.64. The Balaban J connectivity index is 2.94. The number of amides is 1. The van der Waals surface area contributed by atoms with Gasteiger partial charge in [0.2, 0.25) is 0 Å². The van der Waals surface area contributed by atoms with E-state index in [1.165, 1.54) is 24.3 Å². The first-order chi connectivity index (χ1) is 7.29. The number of alkyl halides is 3. The number of benzene rings is 1. The summed E-state index contributed by atoms with van der Waals surface area (Å²) in [6, 6.07) is 5.07. The van der Waals surface area contributed by atoms with Crippen LogP contribution in [-0.2, 0) is 0 Å².